The summed E-state index contributed by atoms with van der Waals surface area (Å²) in [7, 11) is 0. The Labute approximate surface area is 70.3 Å². The van der Waals surface area contributed by atoms with Crippen LogP contribution in [0.1, 0.15) is 18.4 Å². The molecule has 1 atom stereocenters. The zero-order chi connectivity index (χ0) is 8.97. The third-order valence-electron chi connectivity index (χ3n) is 1.69. The molecule has 0 aliphatic rings. The summed E-state index contributed by atoms with van der Waals surface area (Å²) < 4.78 is 12.5. The van der Waals surface area contributed by atoms with E-state index in [0.29, 0.717) is 0 Å². The molecule has 3 heteroatoms. The lowest BCUT2D eigenvalue weighted by Crippen LogP contribution is -1.94. The summed E-state index contributed by atoms with van der Waals surface area (Å²) in [6.45, 7) is 1.87. The third kappa shape index (κ3) is 2.05. The SMILES string of the molecule is CC(/C=N/O)c1ccc(F)cc1. The molecule has 1 N–H and O–H groups in total. The fourth-order valence-corrected chi connectivity index (χ4v) is 0.952. The molecule has 0 aromatic heterocycles. The first-order valence-electron chi connectivity index (χ1n) is 3.67. The molecule has 1 aromatic carbocycles. The van der Waals surface area contributed by atoms with E-state index in [0.717, 1.165) is 5.56 Å². The molecule has 64 valence electrons. The Bertz CT molecular complexity index is 268. The lowest BCUT2D eigenvalue weighted by Gasteiger charge is -2.03. The monoisotopic (exact) mass is 167 g/mol. The van der Waals surface area contributed by atoms with E-state index < -0.39 is 0 Å². The van der Waals surface area contributed by atoms with Gasteiger partial charge in [-0.05, 0) is 17.7 Å². The highest BCUT2D eigenvalue weighted by Gasteiger charge is 2.01. The van der Waals surface area contributed by atoms with E-state index in [9.17, 15) is 4.39 Å². The van der Waals surface area contributed by atoms with Crippen LogP contribution in [0, 0.1) is 5.82 Å². The van der Waals surface area contributed by atoms with Gasteiger partial charge < -0.3 is 5.21 Å². The standard InChI is InChI=1S/C9H10FNO/c1-7(6-11-12)8-2-4-9(10)5-3-8/h2-7,12H,1H3/b11-6+. The molecule has 0 aliphatic heterocycles. The molecule has 0 heterocycles. The summed E-state index contributed by atoms with van der Waals surface area (Å²) in [5.74, 6) is -0.248. The molecule has 12 heavy (non-hydrogen) atoms. The van der Waals surface area contributed by atoms with Crippen LogP contribution >= 0.6 is 0 Å². The van der Waals surface area contributed by atoms with Gasteiger partial charge in [-0.15, -0.1) is 5.16 Å². The lowest BCUT2D eigenvalue weighted by atomic mass is 10.0. The van der Waals surface area contributed by atoms with Gasteiger partial charge in [-0.1, -0.05) is 19.1 Å². The molecule has 0 fully saturated rings. The van der Waals surface area contributed by atoms with Crippen molar-refractivity contribution in [2.24, 2.45) is 5.16 Å². The van der Waals surface area contributed by atoms with Gasteiger partial charge in [0, 0.05) is 5.92 Å². The van der Waals surface area contributed by atoms with Gasteiger partial charge >= 0.3 is 0 Å². The van der Waals surface area contributed by atoms with E-state index in [1.807, 2.05) is 6.92 Å². The number of benzene rings is 1. The van der Waals surface area contributed by atoms with E-state index in [4.69, 9.17) is 5.21 Å². The zero-order valence-electron chi connectivity index (χ0n) is 6.74. The normalized spacial score (nSPS) is 13.5. The van der Waals surface area contributed by atoms with Crippen LogP contribution in [0.25, 0.3) is 0 Å². The molecule has 0 aliphatic carbocycles. The Balaban J connectivity index is 2.82. The molecule has 2 nitrogen and oxygen atoms in total. The minimum Gasteiger partial charge on any atom is -0.411 e. The first-order chi connectivity index (χ1) is 5.74. The van der Waals surface area contributed by atoms with Crippen LogP contribution in [-0.2, 0) is 0 Å². The lowest BCUT2D eigenvalue weighted by molar-refractivity contribution is 0.320. The topological polar surface area (TPSA) is 32.6 Å². The first kappa shape index (κ1) is 8.71. The zero-order valence-corrected chi connectivity index (χ0v) is 6.74. The second-order valence-electron chi connectivity index (χ2n) is 2.60. The average Bonchev–Trinajstić information content (AvgIpc) is 2.06. The molecule has 0 saturated carbocycles. The predicted molar refractivity (Wildman–Crippen MR) is 45.1 cm³/mol. The van der Waals surface area contributed by atoms with Crippen molar-refractivity contribution >= 4 is 6.21 Å². The van der Waals surface area contributed by atoms with Crippen molar-refractivity contribution in [2.45, 2.75) is 12.8 Å². The second-order valence-corrected chi connectivity index (χ2v) is 2.60. The number of halogens is 1. The van der Waals surface area contributed by atoms with Crippen LogP contribution in [0.5, 0.6) is 0 Å². The van der Waals surface area contributed by atoms with Crippen LogP contribution in [0.4, 0.5) is 4.39 Å². The van der Waals surface area contributed by atoms with Crippen molar-refractivity contribution < 1.29 is 9.60 Å². The van der Waals surface area contributed by atoms with Crippen LogP contribution < -0.4 is 0 Å². The molecule has 0 saturated heterocycles. The van der Waals surface area contributed by atoms with Gasteiger partial charge in [0.25, 0.3) is 0 Å². The molecular formula is C9H10FNO. The smallest absolute Gasteiger partial charge is 0.123 e. The first-order valence-corrected chi connectivity index (χ1v) is 3.67. The molecule has 0 bridgehead atoms. The Hall–Kier alpha value is -1.38. The minimum absolute atomic E-state index is 0.00981. The van der Waals surface area contributed by atoms with E-state index >= 15 is 0 Å². The highest BCUT2D eigenvalue weighted by Crippen LogP contribution is 2.12. The largest absolute Gasteiger partial charge is 0.411 e. The van der Waals surface area contributed by atoms with E-state index in [1.165, 1.54) is 18.3 Å². The fraction of sp³-hybridized carbons (Fsp3) is 0.222. The van der Waals surface area contributed by atoms with Gasteiger partial charge in [-0.25, -0.2) is 4.39 Å². The molecule has 0 radical (unpaired) electrons. The van der Waals surface area contributed by atoms with Gasteiger partial charge in [0.1, 0.15) is 5.82 Å². The number of hydrogen-bond acceptors (Lipinski definition) is 2. The molecule has 0 amide bonds. The van der Waals surface area contributed by atoms with E-state index in [-0.39, 0.29) is 11.7 Å². The van der Waals surface area contributed by atoms with E-state index in [1.54, 1.807) is 12.1 Å². The summed E-state index contributed by atoms with van der Waals surface area (Å²) >= 11 is 0. The van der Waals surface area contributed by atoms with Gasteiger partial charge in [-0.3, -0.25) is 0 Å². The highest BCUT2D eigenvalue weighted by atomic mass is 19.1. The summed E-state index contributed by atoms with van der Waals surface area (Å²) in [5.41, 5.74) is 0.925. The fourth-order valence-electron chi connectivity index (χ4n) is 0.952. The van der Waals surface area contributed by atoms with E-state index in [2.05, 4.69) is 5.16 Å². The molecule has 1 unspecified atom stereocenters. The Morgan fingerprint density at radius 1 is 1.42 bits per heavy atom. The number of oxime groups is 1. The molecular weight excluding hydrogens is 157 g/mol. The Kier molecular flexibility index (Phi) is 2.80. The van der Waals surface area contributed by atoms with Crippen molar-refractivity contribution in [3.63, 3.8) is 0 Å². The molecule has 1 aromatic rings. The Morgan fingerprint density at radius 3 is 2.50 bits per heavy atom. The van der Waals surface area contributed by atoms with Crippen LogP contribution in [0.15, 0.2) is 29.4 Å². The summed E-state index contributed by atoms with van der Waals surface area (Å²) in [6, 6.07) is 6.11. The summed E-state index contributed by atoms with van der Waals surface area (Å²) in [4.78, 5) is 0. The van der Waals surface area contributed by atoms with Gasteiger partial charge in [0.05, 0.1) is 6.21 Å². The number of nitrogens with zero attached hydrogens (tertiary/aromatic N) is 1. The number of hydrogen-bond donors (Lipinski definition) is 1. The maximum absolute atomic E-state index is 12.5. The summed E-state index contributed by atoms with van der Waals surface area (Å²) in [6.07, 6.45) is 1.40. The highest BCUT2D eigenvalue weighted by molar-refractivity contribution is 5.66. The predicted octanol–water partition coefficient (Wildman–Crippen LogP) is 2.39. The van der Waals surface area contributed by atoms with Crippen molar-refractivity contribution in [2.75, 3.05) is 0 Å². The quantitative estimate of drug-likeness (QED) is 0.409. The average molecular weight is 167 g/mol. The van der Waals surface area contributed by atoms with Crippen LogP contribution in [0.2, 0.25) is 0 Å². The summed E-state index contributed by atoms with van der Waals surface area (Å²) in [5, 5.41) is 11.2. The maximum Gasteiger partial charge on any atom is 0.123 e. The van der Waals surface area contributed by atoms with Crippen molar-refractivity contribution in [1.82, 2.24) is 0 Å². The third-order valence-corrected chi connectivity index (χ3v) is 1.69. The van der Waals surface area contributed by atoms with Gasteiger partial charge in [0.2, 0.25) is 0 Å². The van der Waals surface area contributed by atoms with Crippen molar-refractivity contribution in [3.05, 3.63) is 35.6 Å². The molecule has 0 spiro atoms. The van der Waals surface area contributed by atoms with Crippen molar-refractivity contribution in [1.29, 1.82) is 0 Å². The minimum atomic E-state index is -0.258. The maximum atomic E-state index is 12.5. The molecule has 1 rings (SSSR count). The van der Waals surface area contributed by atoms with Crippen molar-refractivity contribution in [3.8, 4) is 0 Å². The van der Waals surface area contributed by atoms with Crippen LogP contribution in [0.3, 0.4) is 0 Å². The number of rotatable bonds is 2. The van der Waals surface area contributed by atoms with Crippen LogP contribution in [-0.4, -0.2) is 11.4 Å². The van der Waals surface area contributed by atoms with Gasteiger partial charge in [-0.2, -0.15) is 0 Å². The van der Waals surface area contributed by atoms with Gasteiger partial charge in [0.15, 0.2) is 0 Å². The second kappa shape index (κ2) is 3.85. The Morgan fingerprint density at radius 2 is 2.00 bits per heavy atom.